The number of carbonyl (C=O) groups excluding carboxylic acids is 1. The molecular weight excluding hydrogens is 316 g/mol. The molecular formula is C15H14N4O3S. The van der Waals surface area contributed by atoms with Crippen LogP contribution in [0.3, 0.4) is 0 Å². The van der Waals surface area contributed by atoms with Gasteiger partial charge < -0.3 is 15.2 Å². The van der Waals surface area contributed by atoms with Gasteiger partial charge in [-0.1, -0.05) is 0 Å². The predicted octanol–water partition coefficient (Wildman–Crippen LogP) is 2.37. The lowest BCUT2D eigenvalue weighted by Crippen LogP contribution is -2.04. The molecule has 8 heteroatoms. The molecule has 118 valence electrons. The van der Waals surface area contributed by atoms with E-state index in [1.165, 1.54) is 23.1 Å². The Balaban J connectivity index is 1.94. The number of aromatic nitrogens is 3. The molecule has 0 bridgehead atoms. The van der Waals surface area contributed by atoms with Crippen molar-refractivity contribution in [3.8, 4) is 22.1 Å². The Morgan fingerprint density at radius 2 is 2.00 bits per heavy atom. The van der Waals surface area contributed by atoms with Gasteiger partial charge in [0.25, 0.3) is 0 Å². The summed E-state index contributed by atoms with van der Waals surface area (Å²) in [5, 5.41) is 6.56. The normalized spacial score (nSPS) is 10.5. The number of hydrogen-bond acceptors (Lipinski definition) is 7. The van der Waals surface area contributed by atoms with Crippen molar-refractivity contribution in [3.05, 3.63) is 41.4 Å². The molecule has 0 aliphatic rings. The lowest BCUT2D eigenvalue weighted by atomic mass is 10.1. The summed E-state index contributed by atoms with van der Waals surface area (Å²) in [6.07, 6.45) is 0. The summed E-state index contributed by atoms with van der Waals surface area (Å²) >= 11 is 1.26. The quantitative estimate of drug-likeness (QED) is 0.738. The van der Waals surface area contributed by atoms with E-state index < -0.39 is 5.97 Å². The standard InChI is InChI=1S/C15H14N4O3S/c1-21-10-5-3-9(4-6-10)11-7-13(16)19(18-11)15-17-12(8-23-15)14(20)22-2/h3-8H,16H2,1-2H3. The summed E-state index contributed by atoms with van der Waals surface area (Å²) in [5.41, 5.74) is 7.85. The first-order valence-corrected chi connectivity index (χ1v) is 7.54. The van der Waals surface area contributed by atoms with E-state index in [2.05, 4.69) is 14.8 Å². The second-order valence-electron chi connectivity index (χ2n) is 4.60. The lowest BCUT2D eigenvalue weighted by molar-refractivity contribution is 0.0595. The van der Waals surface area contributed by atoms with Crippen molar-refractivity contribution in [2.24, 2.45) is 0 Å². The van der Waals surface area contributed by atoms with Crippen molar-refractivity contribution < 1.29 is 14.3 Å². The fraction of sp³-hybridized carbons (Fsp3) is 0.133. The van der Waals surface area contributed by atoms with Crippen LogP contribution in [0.4, 0.5) is 5.82 Å². The zero-order chi connectivity index (χ0) is 16.4. The minimum absolute atomic E-state index is 0.230. The lowest BCUT2D eigenvalue weighted by Gasteiger charge is -2.00. The highest BCUT2D eigenvalue weighted by Gasteiger charge is 2.15. The first-order valence-electron chi connectivity index (χ1n) is 6.66. The first-order chi connectivity index (χ1) is 11.1. The number of anilines is 1. The molecule has 0 spiro atoms. The fourth-order valence-corrected chi connectivity index (χ4v) is 2.77. The van der Waals surface area contributed by atoms with Crippen LogP contribution >= 0.6 is 11.3 Å². The number of nitrogens with two attached hydrogens (primary N) is 1. The van der Waals surface area contributed by atoms with Crippen LogP contribution in [-0.4, -0.2) is 35.0 Å². The summed E-state index contributed by atoms with van der Waals surface area (Å²) in [7, 11) is 2.93. The van der Waals surface area contributed by atoms with Crippen molar-refractivity contribution in [1.29, 1.82) is 0 Å². The molecule has 0 saturated heterocycles. The SMILES string of the molecule is COC(=O)c1csc(-n2nc(-c3ccc(OC)cc3)cc2N)n1. The van der Waals surface area contributed by atoms with Gasteiger partial charge in [-0.2, -0.15) is 9.78 Å². The second-order valence-corrected chi connectivity index (χ2v) is 5.44. The summed E-state index contributed by atoms with van der Waals surface area (Å²) < 4.78 is 11.3. The van der Waals surface area contributed by atoms with Gasteiger partial charge in [0.15, 0.2) is 5.69 Å². The Hall–Kier alpha value is -2.87. The molecule has 2 heterocycles. The van der Waals surface area contributed by atoms with E-state index in [-0.39, 0.29) is 5.69 Å². The third-order valence-electron chi connectivity index (χ3n) is 3.19. The summed E-state index contributed by atoms with van der Waals surface area (Å²) in [6, 6.07) is 9.24. The molecule has 0 aliphatic carbocycles. The van der Waals surface area contributed by atoms with Crippen molar-refractivity contribution >= 4 is 23.1 Å². The van der Waals surface area contributed by atoms with Crippen LogP contribution in [-0.2, 0) is 4.74 Å². The maximum absolute atomic E-state index is 11.5. The number of nitrogen functional groups attached to an aromatic ring is 1. The summed E-state index contributed by atoms with van der Waals surface area (Å²) in [4.78, 5) is 15.7. The van der Waals surface area contributed by atoms with Crippen LogP contribution in [0.1, 0.15) is 10.5 Å². The molecule has 0 amide bonds. The number of esters is 1. The maximum atomic E-state index is 11.5. The van der Waals surface area contributed by atoms with Gasteiger partial charge in [-0.05, 0) is 24.3 Å². The van der Waals surface area contributed by atoms with E-state index in [1.807, 2.05) is 24.3 Å². The third-order valence-corrected chi connectivity index (χ3v) is 4.01. The van der Waals surface area contributed by atoms with Gasteiger partial charge in [-0.3, -0.25) is 0 Å². The third kappa shape index (κ3) is 2.88. The van der Waals surface area contributed by atoms with E-state index in [4.69, 9.17) is 10.5 Å². The fourth-order valence-electron chi connectivity index (χ4n) is 2.01. The summed E-state index contributed by atoms with van der Waals surface area (Å²) in [5.74, 6) is 0.707. The van der Waals surface area contributed by atoms with E-state index in [0.29, 0.717) is 16.6 Å². The molecule has 0 radical (unpaired) electrons. The maximum Gasteiger partial charge on any atom is 0.357 e. The van der Waals surface area contributed by atoms with E-state index in [1.54, 1.807) is 18.6 Å². The van der Waals surface area contributed by atoms with Gasteiger partial charge in [-0.25, -0.2) is 9.78 Å². The van der Waals surface area contributed by atoms with Gasteiger partial charge in [0, 0.05) is 17.0 Å². The molecule has 1 aromatic carbocycles. The van der Waals surface area contributed by atoms with Crippen molar-refractivity contribution in [2.75, 3.05) is 20.0 Å². The number of rotatable bonds is 4. The molecule has 0 aliphatic heterocycles. The number of ether oxygens (including phenoxy) is 2. The van der Waals surface area contributed by atoms with Crippen molar-refractivity contribution in [3.63, 3.8) is 0 Å². The highest BCUT2D eigenvalue weighted by atomic mass is 32.1. The van der Waals surface area contributed by atoms with Crippen molar-refractivity contribution in [1.82, 2.24) is 14.8 Å². The van der Waals surface area contributed by atoms with E-state index >= 15 is 0 Å². The molecule has 2 N–H and O–H groups in total. The molecule has 23 heavy (non-hydrogen) atoms. The molecule has 0 atom stereocenters. The van der Waals surface area contributed by atoms with Crippen LogP contribution in [0.15, 0.2) is 35.7 Å². The molecule has 7 nitrogen and oxygen atoms in total. The molecule has 0 unspecified atom stereocenters. The first kappa shape index (κ1) is 15.0. The smallest absolute Gasteiger partial charge is 0.357 e. The zero-order valence-corrected chi connectivity index (χ0v) is 13.3. The number of carbonyl (C=O) groups is 1. The molecule has 0 saturated carbocycles. The number of benzene rings is 1. The van der Waals surface area contributed by atoms with Gasteiger partial charge in [0.1, 0.15) is 11.6 Å². The van der Waals surface area contributed by atoms with Crippen LogP contribution in [0.25, 0.3) is 16.4 Å². The molecule has 2 aromatic heterocycles. The Morgan fingerprint density at radius 3 is 2.65 bits per heavy atom. The minimum Gasteiger partial charge on any atom is -0.497 e. The van der Waals surface area contributed by atoms with Gasteiger partial charge >= 0.3 is 5.97 Å². The highest BCUT2D eigenvalue weighted by Crippen LogP contribution is 2.26. The monoisotopic (exact) mass is 330 g/mol. The van der Waals surface area contributed by atoms with Gasteiger partial charge in [0.05, 0.1) is 19.9 Å². The Labute approximate surface area is 136 Å². The molecule has 0 fully saturated rings. The largest absolute Gasteiger partial charge is 0.497 e. The number of thiazole rings is 1. The predicted molar refractivity (Wildman–Crippen MR) is 87.0 cm³/mol. The number of hydrogen-bond donors (Lipinski definition) is 1. The van der Waals surface area contributed by atoms with Gasteiger partial charge in [0.2, 0.25) is 5.13 Å². The molecule has 3 rings (SSSR count). The minimum atomic E-state index is -0.492. The second kappa shape index (κ2) is 6.09. The zero-order valence-electron chi connectivity index (χ0n) is 12.5. The van der Waals surface area contributed by atoms with E-state index in [9.17, 15) is 4.79 Å². The Kier molecular flexibility index (Phi) is 3.98. The highest BCUT2D eigenvalue weighted by molar-refractivity contribution is 7.12. The number of methoxy groups -OCH3 is 2. The van der Waals surface area contributed by atoms with E-state index in [0.717, 1.165) is 11.3 Å². The van der Waals surface area contributed by atoms with Gasteiger partial charge in [-0.15, -0.1) is 11.3 Å². The van der Waals surface area contributed by atoms with Crippen LogP contribution in [0, 0.1) is 0 Å². The average Bonchev–Trinajstić information content (AvgIpc) is 3.21. The van der Waals surface area contributed by atoms with Crippen LogP contribution in [0.2, 0.25) is 0 Å². The van der Waals surface area contributed by atoms with Crippen LogP contribution < -0.4 is 10.5 Å². The summed E-state index contributed by atoms with van der Waals surface area (Å²) in [6.45, 7) is 0. The van der Waals surface area contributed by atoms with Crippen LogP contribution in [0.5, 0.6) is 5.75 Å². The molecule has 3 aromatic rings. The number of nitrogens with zero attached hydrogens (tertiary/aromatic N) is 3. The Morgan fingerprint density at radius 1 is 1.26 bits per heavy atom. The Bertz CT molecular complexity index is 839. The average molecular weight is 330 g/mol. The topological polar surface area (TPSA) is 92.3 Å². The van der Waals surface area contributed by atoms with Crippen molar-refractivity contribution in [2.45, 2.75) is 0 Å².